The molecule has 2 heterocycles. The summed E-state index contributed by atoms with van der Waals surface area (Å²) in [7, 11) is 0. The van der Waals surface area contributed by atoms with E-state index in [2.05, 4.69) is 15.5 Å². The minimum Gasteiger partial charge on any atom is -0.354 e. The van der Waals surface area contributed by atoms with Crippen molar-refractivity contribution < 1.29 is 13.6 Å². The molecule has 140 valence electrons. The van der Waals surface area contributed by atoms with Crippen LogP contribution in [-0.4, -0.2) is 43.0 Å². The molecule has 2 aliphatic heterocycles. The number of carbonyl (C=O) groups is 1. The summed E-state index contributed by atoms with van der Waals surface area (Å²) in [4.78, 5) is 14.2. The first-order valence-electron chi connectivity index (χ1n) is 8.79. The van der Waals surface area contributed by atoms with Crippen molar-refractivity contribution in [2.75, 3.05) is 26.2 Å². The van der Waals surface area contributed by atoms with Gasteiger partial charge in [-0.3, -0.25) is 9.69 Å². The predicted octanol–water partition coefficient (Wildman–Crippen LogP) is 2.47. The number of rotatable bonds is 5. The lowest BCUT2D eigenvalue weighted by Gasteiger charge is -2.33. The fourth-order valence-electron chi connectivity index (χ4n) is 3.63. The zero-order valence-electron chi connectivity index (χ0n) is 14.3. The third-order valence-corrected chi connectivity index (χ3v) is 4.95. The number of nitrogens with zero attached hydrogens (tertiary/aromatic N) is 1. The highest BCUT2D eigenvalue weighted by atomic mass is 35.5. The van der Waals surface area contributed by atoms with Crippen molar-refractivity contribution in [2.45, 2.75) is 38.3 Å². The number of hydrogen-bond donors (Lipinski definition) is 2. The summed E-state index contributed by atoms with van der Waals surface area (Å²) in [5.74, 6) is -0.560. The Morgan fingerprint density at radius 3 is 2.84 bits per heavy atom. The van der Waals surface area contributed by atoms with E-state index in [1.165, 1.54) is 12.1 Å². The van der Waals surface area contributed by atoms with Gasteiger partial charge >= 0.3 is 0 Å². The monoisotopic (exact) mass is 373 g/mol. The highest BCUT2D eigenvalue weighted by Gasteiger charge is 2.25. The van der Waals surface area contributed by atoms with Gasteiger partial charge in [0.25, 0.3) is 0 Å². The Labute approximate surface area is 153 Å². The number of carbonyl (C=O) groups excluding carboxylic acids is 1. The highest BCUT2D eigenvalue weighted by Crippen LogP contribution is 2.20. The van der Waals surface area contributed by atoms with Gasteiger partial charge in [0, 0.05) is 31.3 Å². The fraction of sp³-hybridized carbons (Fsp3) is 0.611. The van der Waals surface area contributed by atoms with Crippen LogP contribution in [0.5, 0.6) is 0 Å². The van der Waals surface area contributed by atoms with Gasteiger partial charge in [-0.25, -0.2) is 8.78 Å². The van der Waals surface area contributed by atoms with E-state index in [0.29, 0.717) is 24.6 Å². The number of halogens is 3. The van der Waals surface area contributed by atoms with Crippen LogP contribution in [0.1, 0.15) is 31.2 Å². The van der Waals surface area contributed by atoms with Crippen molar-refractivity contribution in [1.82, 2.24) is 15.5 Å². The molecular formula is C18H26ClF2N3O. The quantitative estimate of drug-likeness (QED) is 0.833. The van der Waals surface area contributed by atoms with Crippen LogP contribution in [0.15, 0.2) is 18.2 Å². The maximum Gasteiger partial charge on any atom is 0.237 e. The van der Waals surface area contributed by atoms with E-state index in [-0.39, 0.29) is 24.4 Å². The molecule has 0 spiro atoms. The molecule has 3 rings (SSSR count). The maximum atomic E-state index is 13.8. The van der Waals surface area contributed by atoms with Crippen LogP contribution in [0.2, 0.25) is 0 Å². The van der Waals surface area contributed by atoms with Crippen LogP contribution in [0.3, 0.4) is 0 Å². The Balaban J connectivity index is 0.00000225. The summed E-state index contributed by atoms with van der Waals surface area (Å²) in [5.41, 5.74) is 0.524. The molecule has 2 unspecified atom stereocenters. The van der Waals surface area contributed by atoms with Gasteiger partial charge in [0.05, 0.1) is 6.04 Å². The molecule has 0 aromatic heterocycles. The van der Waals surface area contributed by atoms with Crippen LogP contribution >= 0.6 is 12.4 Å². The Hall–Kier alpha value is -1.24. The summed E-state index contributed by atoms with van der Waals surface area (Å²) in [6.45, 7) is 3.80. The zero-order chi connectivity index (χ0) is 16.9. The molecule has 0 aliphatic carbocycles. The second-order valence-corrected chi connectivity index (χ2v) is 6.87. The molecule has 7 heteroatoms. The van der Waals surface area contributed by atoms with Gasteiger partial charge < -0.3 is 10.6 Å². The molecule has 2 saturated heterocycles. The van der Waals surface area contributed by atoms with E-state index < -0.39 is 11.6 Å². The van der Waals surface area contributed by atoms with Crippen LogP contribution in [0.25, 0.3) is 0 Å². The Kier molecular flexibility index (Phi) is 7.59. The standard InChI is InChI=1S/C18H25F2N3O.ClH/c19-15-6-5-14(16(20)9-15)12-23-8-2-3-13(11-23)10-22-18(24)17-4-1-7-21-17;/h5-6,9,13,17,21H,1-4,7-8,10-12H2,(H,22,24);1H. The van der Waals surface area contributed by atoms with E-state index in [9.17, 15) is 13.6 Å². The molecule has 2 atom stereocenters. The van der Waals surface area contributed by atoms with Crippen LogP contribution in [0, 0.1) is 17.6 Å². The highest BCUT2D eigenvalue weighted by molar-refractivity contribution is 5.85. The number of nitrogens with one attached hydrogen (secondary N) is 2. The number of piperidine rings is 1. The molecule has 2 fully saturated rings. The van der Waals surface area contributed by atoms with E-state index in [1.807, 2.05) is 0 Å². The summed E-state index contributed by atoms with van der Waals surface area (Å²) in [6.07, 6.45) is 4.07. The van der Waals surface area contributed by atoms with E-state index in [0.717, 1.165) is 51.4 Å². The summed E-state index contributed by atoms with van der Waals surface area (Å²) in [5, 5.41) is 6.25. The minimum atomic E-state index is -0.545. The maximum absolute atomic E-state index is 13.8. The molecule has 2 N–H and O–H groups in total. The van der Waals surface area contributed by atoms with Crippen LogP contribution in [0.4, 0.5) is 8.78 Å². The summed E-state index contributed by atoms with van der Waals surface area (Å²) < 4.78 is 26.8. The van der Waals surface area contributed by atoms with Crippen LogP contribution in [-0.2, 0) is 11.3 Å². The van der Waals surface area contributed by atoms with Crippen molar-refractivity contribution in [3.63, 3.8) is 0 Å². The second kappa shape index (κ2) is 9.46. The first kappa shape index (κ1) is 20.1. The Morgan fingerprint density at radius 2 is 2.12 bits per heavy atom. The van der Waals surface area contributed by atoms with E-state index in [4.69, 9.17) is 0 Å². The molecule has 0 bridgehead atoms. The van der Waals surface area contributed by atoms with Gasteiger partial charge in [-0.15, -0.1) is 12.4 Å². The van der Waals surface area contributed by atoms with E-state index in [1.54, 1.807) is 0 Å². The first-order valence-corrected chi connectivity index (χ1v) is 8.79. The van der Waals surface area contributed by atoms with Crippen LogP contribution < -0.4 is 10.6 Å². The largest absolute Gasteiger partial charge is 0.354 e. The van der Waals surface area contributed by atoms with E-state index >= 15 is 0 Å². The van der Waals surface area contributed by atoms with Crippen molar-refractivity contribution in [2.24, 2.45) is 5.92 Å². The molecule has 1 aromatic carbocycles. The molecule has 2 aliphatic rings. The van der Waals surface area contributed by atoms with Gasteiger partial charge in [0.1, 0.15) is 11.6 Å². The average Bonchev–Trinajstić information content (AvgIpc) is 3.10. The first-order chi connectivity index (χ1) is 11.6. The summed E-state index contributed by atoms with van der Waals surface area (Å²) in [6, 6.07) is 3.71. The summed E-state index contributed by atoms with van der Waals surface area (Å²) >= 11 is 0. The topological polar surface area (TPSA) is 44.4 Å². The Morgan fingerprint density at radius 1 is 1.28 bits per heavy atom. The lowest BCUT2D eigenvalue weighted by molar-refractivity contribution is -0.123. The molecule has 0 radical (unpaired) electrons. The molecule has 1 amide bonds. The SMILES string of the molecule is Cl.O=C(NCC1CCCN(Cc2ccc(F)cc2F)C1)C1CCCN1. The lowest BCUT2D eigenvalue weighted by atomic mass is 9.97. The smallest absolute Gasteiger partial charge is 0.237 e. The number of likely N-dealkylation sites (tertiary alicyclic amines) is 1. The van der Waals surface area contributed by atoms with Crippen molar-refractivity contribution in [3.8, 4) is 0 Å². The van der Waals surface area contributed by atoms with Crippen molar-refractivity contribution >= 4 is 18.3 Å². The second-order valence-electron chi connectivity index (χ2n) is 6.87. The van der Waals surface area contributed by atoms with Gasteiger partial charge in [-0.1, -0.05) is 6.07 Å². The molecule has 1 aromatic rings. The van der Waals surface area contributed by atoms with Gasteiger partial charge in [-0.05, 0) is 50.8 Å². The minimum absolute atomic E-state index is 0. The fourth-order valence-corrected chi connectivity index (χ4v) is 3.63. The van der Waals surface area contributed by atoms with Gasteiger partial charge in [-0.2, -0.15) is 0 Å². The molecule has 0 saturated carbocycles. The third-order valence-electron chi connectivity index (χ3n) is 4.95. The van der Waals surface area contributed by atoms with Crippen molar-refractivity contribution in [1.29, 1.82) is 0 Å². The van der Waals surface area contributed by atoms with Crippen molar-refractivity contribution in [3.05, 3.63) is 35.4 Å². The molecule has 25 heavy (non-hydrogen) atoms. The molecular weight excluding hydrogens is 348 g/mol. The Bertz CT molecular complexity index is 581. The third kappa shape index (κ3) is 5.62. The number of amides is 1. The zero-order valence-corrected chi connectivity index (χ0v) is 15.1. The predicted molar refractivity (Wildman–Crippen MR) is 95.6 cm³/mol. The normalized spacial score (nSPS) is 23.9. The van der Waals surface area contributed by atoms with Gasteiger partial charge in [0.15, 0.2) is 0 Å². The number of benzene rings is 1. The number of hydrogen-bond acceptors (Lipinski definition) is 3. The molecule has 4 nitrogen and oxygen atoms in total. The lowest BCUT2D eigenvalue weighted by Crippen LogP contribution is -2.45. The van der Waals surface area contributed by atoms with Gasteiger partial charge in [0.2, 0.25) is 5.91 Å². The average molecular weight is 374 g/mol.